The highest BCUT2D eigenvalue weighted by atomic mass is 35.5. The van der Waals surface area contributed by atoms with Gasteiger partial charge in [0, 0.05) is 23.7 Å². The lowest BCUT2D eigenvalue weighted by atomic mass is 9.99. The van der Waals surface area contributed by atoms with E-state index in [9.17, 15) is 10.0 Å². The summed E-state index contributed by atoms with van der Waals surface area (Å²) >= 11 is 6.13. The zero-order valence-corrected chi connectivity index (χ0v) is 16.5. The number of hydrogen-bond acceptors (Lipinski definition) is 3. The highest BCUT2D eigenvalue weighted by molar-refractivity contribution is 6.31. The van der Waals surface area contributed by atoms with Crippen LogP contribution in [-0.4, -0.2) is 11.9 Å². The molecule has 3 rings (SSSR count). The summed E-state index contributed by atoms with van der Waals surface area (Å²) in [4.78, 5) is 12.4. The first-order chi connectivity index (χ1) is 13.4. The first kappa shape index (κ1) is 19.9. The van der Waals surface area contributed by atoms with E-state index in [-0.39, 0.29) is 5.91 Å². The molecule has 1 atom stereocenters. The normalized spacial score (nSPS) is 11.9. The smallest absolute Gasteiger partial charge is 0.241 e. The number of nitrogens with one attached hydrogen (secondary N) is 1. The molecule has 2 aromatic carbocycles. The van der Waals surface area contributed by atoms with E-state index in [4.69, 9.17) is 17.3 Å². The molecule has 1 amide bonds. The maximum Gasteiger partial charge on any atom is 0.241 e. The molecule has 1 heterocycles. The Balaban J connectivity index is 1.71. The maximum atomic E-state index is 12.4. The number of halogens is 1. The third-order valence-corrected chi connectivity index (χ3v) is 5.09. The van der Waals surface area contributed by atoms with Crippen LogP contribution in [0.2, 0.25) is 5.02 Å². The molecule has 0 unspecified atom stereocenters. The Morgan fingerprint density at radius 1 is 1.14 bits per heavy atom. The van der Waals surface area contributed by atoms with Crippen molar-refractivity contribution in [3.63, 3.8) is 0 Å². The van der Waals surface area contributed by atoms with Crippen molar-refractivity contribution in [1.29, 1.82) is 0 Å². The van der Waals surface area contributed by atoms with Crippen LogP contribution in [-0.2, 0) is 11.2 Å². The molecule has 6 heteroatoms. The Kier molecular flexibility index (Phi) is 5.97. The number of pyridine rings is 1. The summed E-state index contributed by atoms with van der Waals surface area (Å²) in [6, 6.07) is 15.8. The first-order valence-corrected chi connectivity index (χ1v) is 9.34. The third kappa shape index (κ3) is 4.32. The van der Waals surface area contributed by atoms with Gasteiger partial charge in [-0.3, -0.25) is 4.79 Å². The van der Waals surface area contributed by atoms with Gasteiger partial charge in [-0.2, -0.15) is 4.73 Å². The molecule has 0 fully saturated rings. The number of carbonyl (C=O) groups is 1. The van der Waals surface area contributed by atoms with Gasteiger partial charge in [0.05, 0.1) is 11.6 Å². The fraction of sp³-hybridized carbons (Fsp3) is 0.182. The van der Waals surface area contributed by atoms with Gasteiger partial charge in [-0.1, -0.05) is 41.9 Å². The van der Waals surface area contributed by atoms with Gasteiger partial charge in [-0.15, -0.1) is 0 Å². The lowest BCUT2D eigenvalue weighted by Crippen LogP contribution is -2.37. The van der Waals surface area contributed by atoms with Crippen molar-refractivity contribution in [1.82, 2.24) is 0 Å². The second kappa shape index (κ2) is 8.42. The van der Waals surface area contributed by atoms with Crippen molar-refractivity contribution in [2.45, 2.75) is 26.3 Å². The molecule has 1 aromatic heterocycles. The summed E-state index contributed by atoms with van der Waals surface area (Å²) in [7, 11) is 0. The molecule has 0 aliphatic rings. The van der Waals surface area contributed by atoms with Gasteiger partial charge in [-0.05, 0) is 48.2 Å². The van der Waals surface area contributed by atoms with E-state index in [0.717, 1.165) is 27.0 Å². The molecule has 3 aromatic rings. The van der Waals surface area contributed by atoms with Gasteiger partial charge >= 0.3 is 0 Å². The van der Waals surface area contributed by atoms with Crippen molar-refractivity contribution in [2.24, 2.45) is 5.73 Å². The topological polar surface area (TPSA) is 82.1 Å². The molecule has 5 nitrogen and oxygen atoms in total. The predicted molar refractivity (Wildman–Crippen MR) is 112 cm³/mol. The van der Waals surface area contributed by atoms with Crippen LogP contribution in [0, 0.1) is 19.1 Å². The highest BCUT2D eigenvalue weighted by Crippen LogP contribution is 2.26. The number of amides is 1. The fourth-order valence-corrected chi connectivity index (χ4v) is 3.37. The van der Waals surface area contributed by atoms with Gasteiger partial charge in [0.1, 0.15) is 0 Å². The van der Waals surface area contributed by atoms with Gasteiger partial charge in [-0.25, -0.2) is 0 Å². The monoisotopic (exact) mass is 395 g/mol. The summed E-state index contributed by atoms with van der Waals surface area (Å²) in [5.74, 6) is -0.280. The fourth-order valence-electron chi connectivity index (χ4n) is 3.16. The summed E-state index contributed by atoms with van der Waals surface area (Å²) in [5.41, 5.74) is 11.0. The average Bonchev–Trinajstić information content (AvgIpc) is 2.68. The van der Waals surface area contributed by atoms with Gasteiger partial charge in [0.2, 0.25) is 5.91 Å². The number of rotatable bonds is 5. The number of aromatic nitrogens is 1. The van der Waals surface area contributed by atoms with Crippen molar-refractivity contribution >= 4 is 23.2 Å². The first-order valence-electron chi connectivity index (χ1n) is 8.96. The van der Waals surface area contributed by atoms with Crippen molar-refractivity contribution in [3.05, 3.63) is 87.8 Å². The predicted octanol–water partition coefficient (Wildman–Crippen LogP) is 3.77. The average molecular weight is 396 g/mol. The number of benzene rings is 2. The Bertz CT molecular complexity index is 1000. The number of carbonyl (C=O) groups excluding carboxylic acids is 1. The molecule has 3 N–H and O–H groups in total. The van der Waals surface area contributed by atoms with Crippen LogP contribution in [0.3, 0.4) is 0 Å². The van der Waals surface area contributed by atoms with Crippen molar-refractivity contribution < 1.29 is 9.52 Å². The second-order valence-electron chi connectivity index (χ2n) is 6.75. The number of nitrogens with zero attached hydrogens (tertiary/aromatic N) is 1. The van der Waals surface area contributed by atoms with E-state index >= 15 is 0 Å². The molecule has 0 bridgehead atoms. The molecule has 28 heavy (non-hydrogen) atoms. The van der Waals surface area contributed by atoms with E-state index < -0.39 is 6.04 Å². The van der Waals surface area contributed by atoms with E-state index in [0.29, 0.717) is 22.8 Å². The van der Waals surface area contributed by atoms with E-state index in [1.54, 1.807) is 31.2 Å². The zero-order chi connectivity index (χ0) is 20.3. The molecule has 0 aliphatic carbocycles. The van der Waals surface area contributed by atoms with Crippen LogP contribution in [0.1, 0.15) is 16.8 Å². The summed E-state index contributed by atoms with van der Waals surface area (Å²) in [6.45, 7) is 3.75. The van der Waals surface area contributed by atoms with Crippen molar-refractivity contribution in [3.8, 4) is 11.1 Å². The van der Waals surface area contributed by atoms with E-state index in [1.165, 1.54) is 6.20 Å². The summed E-state index contributed by atoms with van der Waals surface area (Å²) in [5, 5.41) is 15.3. The third-order valence-electron chi connectivity index (χ3n) is 4.72. The van der Waals surface area contributed by atoms with E-state index in [1.807, 2.05) is 37.3 Å². The van der Waals surface area contributed by atoms with Crippen LogP contribution in [0.4, 0.5) is 5.69 Å². The van der Waals surface area contributed by atoms with Crippen LogP contribution >= 0.6 is 11.6 Å². The van der Waals surface area contributed by atoms with Crippen LogP contribution in [0.15, 0.2) is 60.8 Å². The number of anilines is 1. The van der Waals surface area contributed by atoms with Crippen LogP contribution in [0.25, 0.3) is 11.1 Å². The Hall–Kier alpha value is -2.89. The van der Waals surface area contributed by atoms with Crippen LogP contribution < -0.4 is 15.8 Å². The minimum absolute atomic E-state index is 0.280. The molecule has 0 saturated heterocycles. The minimum atomic E-state index is -0.711. The number of nitrogens with two attached hydrogens (primary N) is 1. The number of aryl methyl sites for hydroxylation is 1. The Morgan fingerprint density at radius 2 is 1.82 bits per heavy atom. The standard InChI is InChI=1S/C22H22ClN3O2/c1-14-11-12-26(28)15(2)21(14)16-7-9-18(10-8-16)25-22(27)20(24)13-17-5-3-4-6-19(17)23/h3-12,20H,13,24H2,1-2H3,(H,25,27)/t20-/m0/s1. The molecular formula is C22H22ClN3O2. The quantitative estimate of drug-likeness (QED) is 0.509. The number of hydrogen-bond donors (Lipinski definition) is 2. The maximum absolute atomic E-state index is 12.4. The summed E-state index contributed by atoms with van der Waals surface area (Å²) < 4.78 is 0.853. The lowest BCUT2D eigenvalue weighted by molar-refractivity contribution is -0.611. The molecular weight excluding hydrogens is 374 g/mol. The van der Waals surface area contributed by atoms with Gasteiger partial charge in [0.25, 0.3) is 0 Å². The van der Waals surface area contributed by atoms with Crippen LogP contribution in [0.5, 0.6) is 0 Å². The largest absolute Gasteiger partial charge is 0.618 e. The molecule has 144 valence electrons. The van der Waals surface area contributed by atoms with Crippen molar-refractivity contribution in [2.75, 3.05) is 5.32 Å². The second-order valence-corrected chi connectivity index (χ2v) is 7.16. The molecule has 0 aliphatic heterocycles. The lowest BCUT2D eigenvalue weighted by Gasteiger charge is -2.14. The van der Waals surface area contributed by atoms with E-state index in [2.05, 4.69) is 5.32 Å². The van der Waals surface area contributed by atoms with Gasteiger partial charge in [0.15, 0.2) is 11.9 Å². The Labute approximate surface area is 169 Å². The zero-order valence-electron chi connectivity index (χ0n) is 15.8. The molecule has 0 spiro atoms. The minimum Gasteiger partial charge on any atom is -0.618 e. The molecule has 0 saturated carbocycles. The summed E-state index contributed by atoms with van der Waals surface area (Å²) in [6.07, 6.45) is 1.86. The SMILES string of the molecule is Cc1cc[n+]([O-])c(C)c1-c1ccc(NC(=O)[C@@H](N)Cc2ccccc2Cl)cc1. The van der Waals surface area contributed by atoms with Gasteiger partial charge < -0.3 is 16.3 Å². The molecule has 0 radical (unpaired) electrons. The Morgan fingerprint density at radius 3 is 2.50 bits per heavy atom. The highest BCUT2D eigenvalue weighted by Gasteiger charge is 2.17.